The van der Waals surface area contributed by atoms with E-state index in [9.17, 15) is 0 Å². The first kappa shape index (κ1) is 6.58. The molecule has 0 aliphatic carbocycles. The standard InChI is InChI=1S/C6H11NO2/c1-8-7-4-6-2-3-9-5-6/h4,7H,2-3,5H2,1H3. The molecule has 1 rings (SSSR count). The normalized spacial score (nSPS) is 23.0. The van der Waals surface area contributed by atoms with Crippen LogP contribution >= 0.6 is 0 Å². The van der Waals surface area contributed by atoms with Crippen LogP contribution in [0.2, 0.25) is 0 Å². The molecule has 3 heteroatoms. The van der Waals surface area contributed by atoms with Crippen LogP contribution in [0.15, 0.2) is 11.8 Å². The van der Waals surface area contributed by atoms with E-state index in [1.54, 1.807) is 7.11 Å². The molecule has 0 unspecified atom stereocenters. The molecule has 0 bridgehead atoms. The molecule has 52 valence electrons. The largest absolute Gasteiger partial charge is 0.377 e. The minimum absolute atomic E-state index is 0.746. The van der Waals surface area contributed by atoms with Crippen molar-refractivity contribution in [2.24, 2.45) is 0 Å². The average Bonchev–Trinajstić information content (AvgIpc) is 2.34. The fraction of sp³-hybridized carbons (Fsp3) is 0.667. The lowest BCUT2D eigenvalue weighted by molar-refractivity contribution is 0.127. The Bertz CT molecular complexity index is 104. The quantitative estimate of drug-likeness (QED) is 0.549. The molecule has 1 heterocycles. The molecule has 1 saturated heterocycles. The van der Waals surface area contributed by atoms with Crippen LogP contribution < -0.4 is 5.48 Å². The van der Waals surface area contributed by atoms with Crippen molar-refractivity contribution in [2.75, 3.05) is 20.3 Å². The van der Waals surface area contributed by atoms with Gasteiger partial charge in [0.25, 0.3) is 0 Å². The average molecular weight is 129 g/mol. The third kappa shape index (κ3) is 2.03. The number of hydrogen-bond donors (Lipinski definition) is 1. The molecule has 1 aliphatic heterocycles. The van der Waals surface area contributed by atoms with Crippen molar-refractivity contribution in [1.29, 1.82) is 0 Å². The molecule has 1 N–H and O–H groups in total. The lowest BCUT2D eigenvalue weighted by Crippen LogP contribution is -2.02. The van der Waals surface area contributed by atoms with E-state index >= 15 is 0 Å². The molecular weight excluding hydrogens is 118 g/mol. The third-order valence-electron chi connectivity index (χ3n) is 1.24. The summed E-state index contributed by atoms with van der Waals surface area (Å²) in [7, 11) is 1.59. The first-order valence-corrected chi connectivity index (χ1v) is 2.97. The smallest absolute Gasteiger partial charge is 0.0695 e. The van der Waals surface area contributed by atoms with E-state index in [0.717, 1.165) is 19.6 Å². The van der Waals surface area contributed by atoms with E-state index in [-0.39, 0.29) is 0 Å². The zero-order valence-electron chi connectivity index (χ0n) is 5.52. The van der Waals surface area contributed by atoms with Crippen LogP contribution in [0.1, 0.15) is 6.42 Å². The van der Waals surface area contributed by atoms with E-state index in [0.29, 0.717) is 0 Å². The summed E-state index contributed by atoms with van der Waals surface area (Å²) >= 11 is 0. The Morgan fingerprint density at radius 1 is 1.78 bits per heavy atom. The van der Waals surface area contributed by atoms with E-state index in [2.05, 4.69) is 10.3 Å². The Hall–Kier alpha value is -0.540. The summed E-state index contributed by atoms with van der Waals surface area (Å²) in [6, 6.07) is 0. The maximum atomic E-state index is 5.09. The van der Waals surface area contributed by atoms with Crippen LogP contribution in [0, 0.1) is 0 Å². The fourth-order valence-corrected chi connectivity index (χ4v) is 0.735. The molecular formula is C6H11NO2. The van der Waals surface area contributed by atoms with Gasteiger partial charge in [-0.1, -0.05) is 0 Å². The van der Waals surface area contributed by atoms with Gasteiger partial charge < -0.3 is 4.74 Å². The molecule has 0 aromatic heterocycles. The van der Waals surface area contributed by atoms with Crippen LogP contribution in [0.4, 0.5) is 0 Å². The molecule has 0 aromatic carbocycles. The fourth-order valence-electron chi connectivity index (χ4n) is 0.735. The summed E-state index contributed by atoms with van der Waals surface area (Å²) in [6.07, 6.45) is 2.86. The lowest BCUT2D eigenvalue weighted by Gasteiger charge is -1.94. The Labute approximate surface area is 54.6 Å². The van der Waals surface area contributed by atoms with Gasteiger partial charge in [0.2, 0.25) is 0 Å². The van der Waals surface area contributed by atoms with E-state index in [4.69, 9.17) is 4.74 Å². The van der Waals surface area contributed by atoms with Crippen molar-refractivity contribution in [1.82, 2.24) is 5.48 Å². The predicted molar refractivity (Wildman–Crippen MR) is 33.7 cm³/mol. The summed E-state index contributed by atoms with van der Waals surface area (Å²) in [6.45, 7) is 1.59. The number of nitrogens with one attached hydrogen (secondary N) is 1. The van der Waals surface area contributed by atoms with Gasteiger partial charge in [-0.15, -0.1) is 0 Å². The minimum atomic E-state index is 0.746. The SMILES string of the molecule is CONC=C1CCOC1. The second kappa shape index (κ2) is 3.48. The van der Waals surface area contributed by atoms with Gasteiger partial charge in [0, 0.05) is 6.20 Å². The third-order valence-corrected chi connectivity index (χ3v) is 1.24. The van der Waals surface area contributed by atoms with E-state index in [1.807, 2.05) is 6.20 Å². The van der Waals surface area contributed by atoms with Gasteiger partial charge in [-0.2, -0.15) is 0 Å². The van der Waals surface area contributed by atoms with Crippen molar-refractivity contribution in [3.05, 3.63) is 11.8 Å². The van der Waals surface area contributed by atoms with Gasteiger partial charge in [-0.3, -0.25) is 10.3 Å². The maximum Gasteiger partial charge on any atom is 0.0695 e. The van der Waals surface area contributed by atoms with Crippen molar-refractivity contribution < 1.29 is 9.57 Å². The first-order chi connectivity index (χ1) is 4.43. The Morgan fingerprint density at radius 2 is 2.67 bits per heavy atom. The van der Waals surface area contributed by atoms with E-state index < -0.39 is 0 Å². The molecule has 0 radical (unpaired) electrons. The molecule has 0 aromatic rings. The van der Waals surface area contributed by atoms with Crippen molar-refractivity contribution in [3.63, 3.8) is 0 Å². The highest BCUT2D eigenvalue weighted by Crippen LogP contribution is 2.08. The molecule has 1 aliphatic rings. The Morgan fingerprint density at radius 3 is 3.22 bits per heavy atom. The Balaban J connectivity index is 2.22. The molecule has 0 spiro atoms. The topological polar surface area (TPSA) is 30.5 Å². The van der Waals surface area contributed by atoms with Gasteiger partial charge >= 0.3 is 0 Å². The lowest BCUT2D eigenvalue weighted by atomic mass is 10.3. The predicted octanol–water partition coefficient (Wildman–Crippen LogP) is 0.442. The Kier molecular flexibility index (Phi) is 2.54. The van der Waals surface area contributed by atoms with Crippen LogP contribution in [0.25, 0.3) is 0 Å². The molecule has 0 atom stereocenters. The summed E-state index contributed by atoms with van der Waals surface area (Å²) in [4.78, 5) is 4.62. The van der Waals surface area contributed by atoms with Gasteiger partial charge in [-0.05, 0) is 12.0 Å². The molecule has 9 heavy (non-hydrogen) atoms. The van der Waals surface area contributed by atoms with Crippen LogP contribution in [0.3, 0.4) is 0 Å². The second-order valence-corrected chi connectivity index (χ2v) is 1.93. The maximum absolute atomic E-state index is 5.09. The summed E-state index contributed by atoms with van der Waals surface area (Å²) < 4.78 is 5.09. The van der Waals surface area contributed by atoms with Gasteiger partial charge in [0.05, 0.1) is 20.3 Å². The number of hydroxylamine groups is 1. The zero-order valence-corrected chi connectivity index (χ0v) is 5.52. The number of hydrogen-bond acceptors (Lipinski definition) is 3. The molecule has 0 saturated carbocycles. The van der Waals surface area contributed by atoms with Crippen molar-refractivity contribution >= 4 is 0 Å². The molecule has 3 nitrogen and oxygen atoms in total. The summed E-state index contributed by atoms with van der Waals surface area (Å²) in [5.74, 6) is 0. The van der Waals surface area contributed by atoms with Gasteiger partial charge in [-0.25, -0.2) is 0 Å². The zero-order chi connectivity index (χ0) is 6.53. The molecule has 0 amide bonds. The van der Waals surface area contributed by atoms with Gasteiger partial charge in [0.1, 0.15) is 0 Å². The second-order valence-electron chi connectivity index (χ2n) is 1.93. The first-order valence-electron chi connectivity index (χ1n) is 2.97. The number of ether oxygens (including phenoxy) is 1. The van der Waals surface area contributed by atoms with Crippen molar-refractivity contribution in [3.8, 4) is 0 Å². The highest BCUT2D eigenvalue weighted by molar-refractivity contribution is 5.03. The monoisotopic (exact) mass is 129 g/mol. The van der Waals surface area contributed by atoms with Crippen LogP contribution in [-0.4, -0.2) is 20.3 Å². The summed E-state index contributed by atoms with van der Waals surface area (Å²) in [5, 5.41) is 0. The van der Waals surface area contributed by atoms with Crippen molar-refractivity contribution in [2.45, 2.75) is 6.42 Å². The van der Waals surface area contributed by atoms with Crippen LogP contribution in [0.5, 0.6) is 0 Å². The highest BCUT2D eigenvalue weighted by Gasteiger charge is 2.04. The van der Waals surface area contributed by atoms with Gasteiger partial charge in [0.15, 0.2) is 0 Å². The minimum Gasteiger partial charge on any atom is -0.377 e. The highest BCUT2D eigenvalue weighted by atomic mass is 16.6. The number of rotatable bonds is 2. The van der Waals surface area contributed by atoms with Crippen LogP contribution in [-0.2, 0) is 9.57 Å². The summed E-state index contributed by atoms with van der Waals surface area (Å²) in [5.41, 5.74) is 3.91. The molecule has 1 fully saturated rings. The van der Waals surface area contributed by atoms with E-state index in [1.165, 1.54) is 5.57 Å².